The van der Waals surface area contributed by atoms with Crippen LogP contribution in [-0.2, 0) is 6.42 Å². The Labute approximate surface area is 178 Å². The molecule has 158 valence electrons. The largest absolute Gasteiger partial charge is 0.494 e. The van der Waals surface area contributed by atoms with Crippen LogP contribution in [0.1, 0.15) is 89.2 Å². The summed E-state index contributed by atoms with van der Waals surface area (Å²) in [6.07, 6.45) is 16.2. The number of aliphatic imine (C=N–C) groups is 1. The number of benzene rings is 2. The fourth-order valence-electron chi connectivity index (χ4n) is 3.35. The van der Waals surface area contributed by atoms with E-state index in [1.165, 1.54) is 63.4 Å². The van der Waals surface area contributed by atoms with Crippen molar-refractivity contribution < 1.29 is 4.74 Å². The second-order valence-electron chi connectivity index (χ2n) is 7.92. The molecular formula is C27H39NO. The molecule has 29 heavy (non-hydrogen) atoms. The topological polar surface area (TPSA) is 21.6 Å². The van der Waals surface area contributed by atoms with Crippen molar-refractivity contribution in [2.24, 2.45) is 4.99 Å². The van der Waals surface area contributed by atoms with Gasteiger partial charge in [-0.2, -0.15) is 0 Å². The van der Waals surface area contributed by atoms with Gasteiger partial charge in [-0.3, -0.25) is 4.99 Å². The zero-order chi connectivity index (χ0) is 20.6. The normalized spacial score (nSPS) is 11.2. The maximum atomic E-state index is 5.87. The number of aryl methyl sites for hydroxylation is 1. The minimum atomic E-state index is 0.812. The number of hydrogen-bond acceptors (Lipinski definition) is 2. The summed E-state index contributed by atoms with van der Waals surface area (Å²) in [6.45, 7) is 5.31. The van der Waals surface area contributed by atoms with Crippen LogP contribution in [0.15, 0.2) is 53.5 Å². The van der Waals surface area contributed by atoms with Crippen molar-refractivity contribution in [1.29, 1.82) is 0 Å². The van der Waals surface area contributed by atoms with Gasteiger partial charge in [0.25, 0.3) is 0 Å². The molecule has 0 bridgehead atoms. The highest BCUT2D eigenvalue weighted by molar-refractivity contribution is 5.82. The Morgan fingerprint density at radius 3 is 1.97 bits per heavy atom. The first kappa shape index (κ1) is 23.2. The summed E-state index contributed by atoms with van der Waals surface area (Å²) in [5.74, 6) is 0.949. The third-order valence-electron chi connectivity index (χ3n) is 5.26. The van der Waals surface area contributed by atoms with Crippen LogP contribution in [0, 0.1) is 0 Å². The Morgan fingerprint density at radius 1 is 0.690 bits per heavy atom. The lowest BCUT2D eigenvalue weighted by Crippen LogP contribution is -1.97. The molecule has 2 aromatic rings. The molecule has 2 nitrogen and oxygen atoms in total. The predicted molar refractivity (Wildman–Crippen MR) is 127 cm³/mol. The second-order valence-corrected chi connectivity index (χ2v) is 7.92. The van der Waals surface area contributed by atoms with Crippen LogP contribution < -0.4 is 4.74 Å². The zero-order valence-corrected chi connectivity index (χ0v) is 18.5. The maximum absolute atomic E-state index is 5.87. The van der Waals surface area contributed by atoms with Gasteiger partial charge in [-0.25, -0.2) is 0 Å². The van der Waals surface area contributed by atoms with Crippen molar-refractivity contribution in [3.63, 3.8) is 0 Å². The van der Waals surface area contributed by atoms with Gasteiger partial charge < -0.3 is 4.74 Å². The standard InChI is InChI=1S/C27H39NO/c1-3-5-7-8-9-10-11-12-22-29-27-20-16-25(17-21-27)23-28-26-18-14-24(15-19-26)13-6-4-2/h14-21,23H,3-13,22H2,1-2H3. The molecule has 0 spiro atoms. The van der Waals surface area contributed by atoms with Crippen molar-refractivity contribution >= 4 is 11.9 Å². The van der Waals surface area contributed by atoms with Crippen LogP contribution in [0.3, 0.4) is 0 Å². The van der Waals surface area contributed by atoms with E-state index in [2.05, 4.69) is 55.2 Å². The summed E-state index contributed by atoms with van der Waals surface area (Å²) in [5, 5.41) is 0. The molecular weight excluding hydrogens is 354 g/mol. The molecule has 0 N–H and O–H groups in total. The van der Waals surface area contributed by atoms with Gasteiger partial charge in [0.05, 0.1) is 12.3 Å². The molecule has 0 aliphatic rings. The lowest BCUT2D eigenvalue weighted by atomic mass is 10.1. The van der Waals surface area contributed by atoms with Crippen molar-refractivity contribution in [1.82, 2.24) is 0 Å². The molecule has 2 rings (SSSR count). The second kappa shape index (κ2) is 14.8. The first-order valence-electron chi connectivity index (χ1n) is 11.7. The third kappa shape index (κ3) is 10.3. The fourth-order valence-corrected chi connectivity index (χ4v) is 3.35. The van der Waals surface area contributed by atoms with E-state index in [0.29, 0.717) is 0 Å². The van der Waals surface area contributed by atoms with Crippen LogP contribution in [-0.4, -0.2) is 12.8 Å². The van der Waals surface area contributed by atoms with Gasteiger partial charge in [0.1, 0.15) is 5.75 Å². The zero-order valence-electron chi connectivity index (χ0n) is 18.5. The molecule has 0 aromatic heterocycles. The number of nitrogens with zero attached hydrogens (tertiary/aromatic N) is 1. The molecule has 0 saturated carbocycles. The van der Waals surface area contributed by atoms with E-state index in [1.54, 1.807) is 0 Å². The molecule has 0 radical (unpaired) electrons. The van der Waals surface area contributed by atoms with Gasteiger partial charge in [0.15, 0.2) is 0 Å². The number of hydrogen-bond donors (Lipinski definition) is 0. The molecule has 0 aliphatic carbocycles. The summed E-state index contributed by atoms with van der Waals surface area (Å²) >= 11 is 0. The highest BCUT2D eigenvalue weighted by atomic mass is 16.5. The Bertz CT molecular complexity index is 673. The van der Waals surface area contributed by atoms with Crippen LogP contribution in [0.5, 0.6) is 5.75 Å². The summed E-state index contributed by atoms with van der Waals surface area (Å²) in [5.41, 5.74) is 3.49. The van der Waals surface area contributed by atoms with Crippen molar-refractivity contribution in [3.8, 4) is 5.75 Å². The molecule has 0 unspecified atom stereocenters. The van der Waals surface area contributed by atoms with E-state index in [4.69, 9.17) is 4.74 Å². The highest BCUT2D eigenvalue weighted by Crippen LogP contribution is 2.16. The summed E-state index contributed by atoms with van der Waals surface area (Å²) in [4.78, 5) is 4.58. The molecule has 0 fully saturated rings. The van der Waals surface area contributed by atoms with E-state index < -0.39 is 0 Å². The van der Waals surface area contributed by atoms with Crippen molar-refractivity contribution in [3.05, 3.63) is 59.7 Å². The molecule has 0 amide bonds. The van der Waals surface area contributed by atoms with E-state index in [1.807, 2.05) is 18.3 Å². The lowest BCUT2D eigenvalue weighted by molar-refractivity contribution is 0.304. The van der Waals surface area contributed by atoms with Crippen LogP contribution in [0.4, 0.5) is 5.69 Å². The Morgan fingerprint density at radius 2 is 1.31 bits per heavy atom. The van der Waals surface area contributed by atoms with E-state index in [-0.39, 0.29) is 0 Å². The maximum Gasteiger partial charge on any atom is 0.119 e. The Kier molecular flexibility index (Phi) is 11.9. The fraction of sp³-hybridized carbons (Fsp3) is 0.519. The average molecular weight is 394 g/mol. The van der Waals surface area contributed by atoms with E-state index in [0.717, 1.165) is 36.4 Å². The number of rotatable bonds is 15. The quantitative estimate of drug-likeness (QED) is 0.220. The van der Waals surface area contributed by atoms with Gasteiger partial charge in [0, 0.05) is 6.21 Å². The lowest BCUT2D eigenvalue weighted by Gasteiger charge is -2.06. The minimum absolute atomic E-state index is 0.812. The first-order valence-corrected chi connectivity index (χ1v) is 11.7. The van der Waals surface area contributed by atoms with E-state index >= 15 is 0 Å². The first-order chi connectivity index (χ1) is 14.3. The number of ether oxygens (including phenoxy) is 1. The van der Waals surface area contributed by atoms with Gasteiger partial charge in [-0.1, -0.05) is 77.3 Å². The van der Waals surface area contributed by atoms with Crippen LogP contribution in [0.2, 0.25) is 0 Å². The molecule has 2 heteroatoms. The molecule has 0 heterocycles. The Hall–Kier alpha value is -2.09. The summed E-state index contributed by atoms with van der Waals surface area (Å²) in [7, 11) is 0. The van der Waals surface area contributed by atoms with Gasteiger partial charge >= 0.3 is 0 Å². The Balaban J connectivity index is 1.64. The van der Waals surface area contributed by atoms with Crippen LogP contribution >= 0.6 is 0 Å². The highest BCUT2D eigenvalue weighted by Gasteiger charge is 1.97. The van der Waals surface area contributed by atoms with Crippen molar-refractivity contribution in [2.75, 3.05) is 6.61 Å². The smallest absolute Gasteiger partial charge is 0.119 e. The summed E-state index contributed by atoms with van der Waals surface area (Å²) < 4.78 is 5.87. The predicted octanol–water partition coefficient (Wildman–Crippen LogP) is 8.30. The third-order valence-corrected chi connectivity index (χ3v) is 5.26. The van der Waals surface area contributed by atoms with Crippen molar-refractivity contribution in [2.45, 2.75) is 84.5 Å². The van der Waals surface area contributed by atoms with E-state index in [9.17, 15) is 0 Å². The molecule has 0 saturated heterocycles. The molecule has 2 aromatic carbocycles. The van der Waals surface area contributed by atoms with Crippen LogP contribution in [0.25, 0.3) is 0 Å². The monoisotopic (exact) mass is 393 g/mol. The van der Waals surface area contributed by atoms with Gasteiger partial charge in [-0.05, 0) is 66.8 Å². The minimum Gasteiger partial charge on any atom is -0.494 e. The van der Waals surface area contributed by atoms with Gasteiger partial charge in [0.2, 0.25) is 0 Å². The number of unbranched alkanes of at least 4 members (excludes halogenated alkanes) is 8. The average Bonchev–Trinajstić information content (AvgIpc) is 2.76. The SMILES string of the molecule is CCCCCCCCCCOc1ccc(C=Nc2ccc(CCCC)cc2)cc1. The summed E-state index contributed by atoms with van der Waals surface area (Å²) in [6, 6.07) is 16.8. The van der Waals surface area contributed by atoms with Gasteiger partial charge in [-0.15, -0.1) is 0 Å². The molecule has 0 atom stereocenters. The molecule has 0 aliphatic heterocycles.